The number of hydrogen-bond donors (Lipinski definition) is 2. The number of nitrogens with zero attached hydrogens (tertiary/aromatic N) is 2. The second-order valence-electron chi connectivity index (χ2n) is 18.8. The van der Waals surface area contributed by atoms with Crippen molar-refractivity contribution in [2.24, 2.45) is 0 Å². The summed E-state index contributed by atoms with van der Waals surface area (Å²) in [4.78, 5) is 18.8. The average molecular weight is 973 g/mol. The zero-order valence-electron chi connectivity index (χ0n) is 40.4. The first-order valence-electron chi connectivity index (χ1n) is 24.8. The van der Waals surface area contributed by atoms with Gasteiger partial charge in [0, 0.05) is 60.7 Å². The van der Waals surface area contributed by atoms with Crippen LogP contribution in [-0.2, 0) is 0 Å². The lowest BCUT2D eigenvalue weighted by Crippen LogP contribution is -1.91. The van der Waals surface area contributed by atoms with Gasteiger partial charge in [-0.3, -0.25) is 0 Å². The van der Waals surface area contributed by atoms with E-state index in [0.29, 0.717) is 5.75 Å². The Morgan fingerprint density at radius 1 is 0.392 bits per heavy atom. The van der Waals surface area contributed by atoms with E-state index in [1.165, 1.54) is 0 Å². The zero-order chi connectivity index (χ0) is 49.3. The Bertz CT molecular complexity index is 4390. The highest BCUT2D eigenvalue weighted by Gasteiger charge is 2.23. The molecule has 2 aliphatic rings. The van der Waals surface area contributed by atoms with Crippen LogP contribution in [0.3, 0.4) is 0 Å². The molecule has 8 aromatic carbocycles. The molecule has 74 heavy (non-hydrogen) atoms. The van der Waals surface area contributed by atoms with Gasteiger partial charge in [-0.15, -0.1) is 0 Å². The van der Waals surface area contributed by atoms with Crippen LogP contribution in [0.5, 0.6) is 5.75 Å². The van der Waals surface area contributed by atoms with Gasteiger partial charge in [0.25, 0.3) is 0 Å². The topological polar surface area (TPSA) is 92.9 Å². The molecule has 0 fully saturated rings. The van der Waals surface area contributed by atoms with Gasteiger partial charge in [-0.05, 0) is 130 Å². The Morgan fingerprint density at radius 2 is 0.757 bits per heavy atom. The summed E-state index contributed by atoms with van der Waals surface area (Å²) in [5, 5.41) is 6.44. The lowest BCUT2D eigenvalue weighted by Gasteiger charge is -2.11. The van der Waals surface area contributed by atoms with Crippen LogP contribution in [0.1, 0.15) is 33.9 Å². The van der Waals surface area contributed by atoms with Crippen molar-refractivity contribution in [3.63, 3.8) is 0 Å². The predicted octanol–water partition coefficient (Wildman–Crippen LogP) is 18.7. The standard InChI is InChI=1S/C66H45N4O3P/c1-40-38-45-24-12-14-26-47(45)63-64-48-27-15-13-25-46(48)39-41(2)66(64)73-74(72-65(40)63)71-58-29-17-16-28-49(58)62-56-36-34-54(69-56)60(43-20-8-4-9-21-43)52-32-30-50(67-52)59(42-18-6-3-7-19-42)51-31-33-53(68-51)61(44-22-10-5-11-23-44)55-35-37-57(62)70-55/h3-39,67,70H,1-2H3. The van der Waals surface area contributed by atoms with Crippen molar-refractivity contribution in [1.29, 1.82) is 0 Å². The molecule has 0 saturated heterocycles. The normalized spacial score (nSPS) is 12.1. The molecule has 2 aliphatic heterocycles. The number of aromatic amines is 2. The van der Waals surface area contributed by atoms with Crippen molar-refractivity contribution in [3.05, 3.63) is 234 Å². The summed E-state index contributed by atoms with van der Waals surface area (Å²) < 4.78 is 21.4. The average Bonchev–Trinajstić information content (AvgIpc) is 4.31. The molecule has 0 spiro atoms. The quantitative estimate of drug-likeness (QED) is 0.173. The Morgan fingerprint density at radius 3 is 1.20 bits per heavy atom. The van der Waals surface area contributed by atoms with E-state index in [2.05, 4.69) is 212 Å². The summed E-state index contributed by atoms with van der Waals surface area (Å²) in [5.74, 6) is 0.588. The van der Waals surface area contributed by atoms with Gasteiger partial charge in [-0.1, -0.05) is 158 Å². The minimum absolute atomic E-state index is 0.588. The molecule has 0 unspecified atom stereocenters. The van der Waals surface area contributed by atoms with Crippen LogP contribution < -0.4 is 4.52 Å². The van der Waals surface area contributed by atoms with E-state index in [9.17, 15) is 0 Å². The monoisotopic (exact) mass is 972 g/mol. The highest BCUT2D eigenvalue weighted by Crippen LogP contribution is 2.47. The molecule has 0 amide bonds. The highest BCUT2D eigenvalue weighted by atomic mass is 31.1. The summed E-state index contributed by atoms with van der Waals surface area (Å²) in [5.41, 5.74) is 18.2. The van der Waals surface area contributed by atoms with E-state index in [1.807, 2.05) is 36.4 Å². The molecule has 8 bridgehead atoms. The number of hydrogen-bond acceptors (Lipinski definition) is 5. The maximum Gasteiger partial charge on any atom is 0.453 e. The molecule has 352 valence electrons. The Hall–Kier alpha value is -9.42. The van der Waals surface area contributed by atoms with Gasteiger partial charge < -0.3 is 22.9 Å². The molecule has 0 atom stereocenters. The highest BCUT2D eigenvalue weighted by molar-refractivity contribution is 7.32. The molecule has 6 heterocycles. The van der Waals surface area contributed by atoms with Crippen LogP contribution in [0.25, 0.3) is 134 Å². The van der Waals surface area contributed by atoms with E-state index < -0.39 is 8.24 Å². The number of nitrogens with one attached hydrogen (secondary N) is 2. The predicted molar refractivity (Wildman–Crippen MR) is 307 cm³/mol. The maximum atomic E-state index is 7.20. The van der Waals surface area contributed by atoms with E-state index in [4.69, 9.17) is 22.9 Å². The van der Waals surface area contributed by atoms with Crippen molar-refractivity contribution in [2.45, 2.75) is 13.8 Å². The first-order valence-corrected chi connectivity index (χ1v) is 25.9. The van der Waals surface area contributed by atoms with E-state index in [-0.39, 0.29) is 0 Å². The van der Waals surface area contributed by atoms with Gasteiger partial charge in [0.1, 0.15) is 16.9 Å². The van der Waals surface area contributed by atoms with Crippen molar-refractivity contribution in [2.75, 3.05) is 0 Å². The summed E-state index contributed by atoms with van der Waals surface area (Å²) >= 11 is 0. The molecule has 12 aromatic rings. The Labute approximate surface area is 427 Å². The van der Waals surface area contributed by atoms with Crippen LogP contribution in [0, 0.1) is 13.8 Å². The van der Waals surface area contributed by atoms with Crippen LogP contribution in [0.4, 0.5) is 0 Å². The largest absolute Gasteiger partial charge is 0.453 e. The number of H-pyrrole nitrogens is 2. The minimum atomic E-state index is -2.08. The van der Waals surface area contributed by atoms with Crippen LogP contribution in [-0.4, -0.2) is 19.9 Å². The zero-order valence-corrected chi connectivity index (χ0v) is 41.3. The third-order valence-electron chi connectivity index (χ3n) is 14.2. The van der Waals surface area contributed by atoms with Gasteiger partial charge >= 0.3 is 8.24 Å². The fraction of sp³-hybridized carbons (Fsp3) is 0.0303. The second-order valence-corrected chi connectivity index (χ2v) is 19.8. The van der Waals surface area contributed by atoms with Crippen molar-refractivity contribution >= 4 is 98.1 Å². The molecule has 14 rings (SSSR count). The molecule has 7 nitrogen and oxygen atoms in total. The molecule has 0 radical (unpaired) electrons. The third kappa shape index (κ3) is 7.36. The lowest BCUT2D eigenvalue weighted by molar-refractivity contribution is 0.498. The van der Waals surface area contributed by atoms with Crippen molar-refractivity contribution < 1.29 is 12.9 Å². The molecular weight excluding hydrogens is 928 g/mol. The third-order valence-corrected chi connectivity index (χ3v) is 15.2. The number of aromatic nitrogens is 4. The smallest absolute Gasteiger partial charge is 0.390 e. The summed E-state index contributed by atoms with van der Waals surface area (Å²) in [6, 6.07) is 69.5. The Kier molecular flexibility index (Phi) is 10.4. The van der Waals surface area contributed by atoms with E-state index >= 15 is 0 Å². The first-order chi connectivity index (χ1) is 36.5. The fourth-order valence-corrected chi connectivity index (χ4v) is 12.1. The van der Waals surface area contributed by atoms with Crippen LogP contribution >= 0.6 is 8.24 Å². The fourth-order valence-electron chi connectivity index (χ4n) is 10.9. The first kappa shape index (κ1) is 43.4. The summed E-state index contributed by atoms with van der Waals surface area (Å²) in [6.07, 6.45) is 8.49. The van der Waals surface area contributed by atoms with Crippen LogP contribution in [0.2, 0.25) is 0 Å². The molecular formula is C66H45N4O3P. The SMILES string of the molecule is Cc1cc2ccccc2c2c1op(Oc1ccccc1-c1c3nc(c(-c4ccccc4)c4ccc([nH]4)c(-c4ccccc4)c4nc(c(-c5ccccc5)c5ccc1[nH]5)C=C4)C=C3)oc1c(C)cc3ccccc3c12. The lowest BCUT2D eigenvalue weighted by atomic mass is 9.95. The number of aryl methyl sites for hydroxylation is 2. The van der Waals surface area contributed by atoms with Crippen molar-refractivity contribution in [1.82, 2.24) is 19.9 Å². The molecule has 0 saturated carbocycles. The number of fused-ring (bicyclic) bond motifs is 15. The molecule has 8 heteroatoms. The molecule has 4 aromatic heterocycles. The molecule has 0 aliphatic carbocycles. The van der Waals surface area contributed by atoms with E-state index in [1.54, 1.807) is 0 Å². The van der Waals surface area contributed by atoms with Gasteiger partial charge in [0.15, 0.2) is 0 Å². The Balaban J connectivity index is 1.07. The molecule has 2 N–H and O–H groups in total. The number of rotatable bonds is 6. The maximum absolute atomic E-state index is 7.20. The van der Waals surface area contributed by atoms with Gasteiger partial charge in [-0.25, -0.2) is 9.97 Å². The minimum Gasteiger partial charge on any atom is -0.390 e. The number of benzene rings is 8. The van der Waals surface area contributed by atoms with Crippen molar-refractivity contribution in [3.8, 4) is 50.3 Å². The van der Waals surface area contributed by atoms with Gasteiger partial charge in [0.05, 0.1) is 22.8 Å². The van der Waals surface area contributed by atoms with Gasteiger partial charge in [0.2, 0.25) is 0 Å². The number of para-hydroxylation sites is 1. The summed E-state index contributed by atoms with van der Waals surface area (Å²) in [7, 11) is -2.08. The summed E-state index contributed by atoms with van der Waals surface area (Å²) in [6.45, 7) is 4.21. The van der Waals surface area contributed by atoms with Crippen LogP contribution in [0.15, 0.2) is 209 Å². The van der Waals surface area contributed by atoms with Gasteiger partial charge in [-0.2, -0.15) is 0 Å². The second kappa shape index (κ2) is 17.7. The van der Waals surface area contributed by atoms with E-state index in [0.717, 1.165) is 144 Å².